The van der Waals surface area contributed by atoms with Crippen molar-refractivity contribution in [2.45, 2.75) is 18.1 Å². The largest absolute Gasteiger partial charge is 0.293 e. The fraction of sp³-hybridized carbons (Fsp3) is 0.364. The van der Waals surface area contributed by atoms with Crippen LogP contribution < -0.4 is 4.72 Å². The first-order valence-corrected chi connectivity index (χ1v) is 6.71. The highest BCUT2D eigenvalue weighted by molar-refractivity contribution is 7.90. The van der Waals surface area contributed by atoms with Crippen molar-refractivity contribution in [2.75, 3.05) is 6.54 Å². The number of sulfonamides is 1. The fourth-order valence-electron chi connectivity index (χ4n) is 1.39. The third-order valence-electron chi connectivity index (χ3n) is 2.49. The fourth-order valence-corrected chi connectivity index (χ4v) is 2.71. The molecule has 1 N–H and O–H groups in total. The van der Waals surface area contributed by atoms with Gasteiger partial charge in [0, 0.05) is 5.56 Å². The Morgan fingerprint density at radius 2 is 1.88 bits per heavy atom. The summed E-state index contributed by atoms with van der Waals surface area (Å²) in [5, 5.41) is -0.281. The molecule has 0 heterocycles. The molecule has 1 saturated carbocycles. The molecule has 0 unspecified atom stereocenters. The third-order valence-corrected chi connectivity index (χ3v) is 4.39. The summed E-state index contributed by atoms with van der Waals surface area (Å²) in [7, 11) is -3.26. The van der Waals surface area contributed by atoms with Crippen LogP contribution in [0.5, 0.6) is 0 Å². The van der Waals surface area contributed by atoms with E-state index in [0.717, 1.165) is 0 Å². The molecule has 0 bridgehead atoms. The molecule has 86 valence electrons. The molecule has 2 rings (SSSR count). The number of benzene rings is 1. The van der Waals surface area contributed by atoms with Crippen molar-refractivity contribution in [3.8, 4) is 0 Å². The predicted octanol–water partition coefficient (Wildman–Crippen LogP) is 0.951. The normalized spacial score (nSPS) is 16.0. The Bertz CT molecular complexity index is 477. The van der Waals surface area contributed by atoms with E-state index in [9.17, 15) is 13.2 Å². The van der Waals surface area contributed by atoms with Crippen LogP contribution in [0.15, 0.2) is 30.3 Å². The van der Waals surface area contributed by atoms with Gasteiger partial charge in [0.1, 0.15) is 0 Å². The number of carbonyl (C=O) groups is 1. The van der Waals surface area contributed by atoms with Gasteiger partial charge in [0.25, 0.3) is 0 Å². The lowest BCUT2D eigenvalue weighted by Crippen LogP contribution is -2.32. The lowest BCUT2D eigenvalue weighted by atomic mass is 10.1. The van der Waals surface area contributed by atoms with Gasteiger partial charge in [-0.1, -0.05) is 30.3 Å². The van der Waals surface area contributed by atoms with Gasteiger partial charge >= 0.3 is 0 Å². The molecule has 16 heavy (non-hydrogen) atoms. The molecular formula is C11H13NO3S. The van der Waals surface area contributed by atoms with E-state index in [-0.39, 0.29) is 17.6 Å². The molecule has 0 spiro atoms. The van der Waals surface area contributed by atoms with Crippen molar-refractivity contribution in [1.82, 2.24) is 4.72 Å². The zero-order valence-corrected chi connectivity index (χ0v) is 9.53. The molecule has 0 amide bonds. The molecule has 0 saturated heterocycles. The minimum atomic E-state index is -3.26. The topological polar surface area (TPSA) is 63.2 Å². The zero-order valence-electron chi connectivity index (χ0n) is 8.72. The van der Waals surface area contributed by atoms with Gasteiger partial charge in [-0.25, -0.2) is 13.1 Å². The summed E-state index contributed by atoms with van der Waals surface area (Å²) in [6.45, 7) is -0.150. The Labute approximate surface area is 94.7 Å². The van der Waals surface area contributed by atoms with Crippen molar-refractivity contribution in [1.29, 1.82) is 0 Å². The standard InChI is InChI=1S/C11H13NO3S/c13-11(9-4-2-1-3-5-9)8-12-16(14,15)10-6-7-10/h1-5,10,12H,6-8H2. The summed E-state index contributed by atoms with van der Waals surface area (Å²) in [5.41, 5.74) is 0.529. The van der Waals surface area contributed by atoms with Crippen molar-refractivity contribution in [3.05, 3.63) is 35.9 Å². The monoisotopic (exact) mass is 239 g/mol. The van der Waals surface area contributed by atoms with Crippen LogP contribution in [0.25, 0.3) is 0 Å². The van der Waals surface area contributed by atoms with Crippen LogP contribution >= 0.6 is 0 Å². The first-order chi connectivity index (χ1) is 7.59. The van der Waals surface area contributed by atoms with Crippen LogP contribution in [0, 0.1) is 0 Å². The quantitative estimate of drug-likeness (QED) is 0.778. The SMILES string of the molecule is O=C(CNS(=O)(=O)C1CC1)c1ccccc1. The number of nitrogens with one attached hydrogen (secondary N) is 1. The summed E-state index contributed by atoms with van der Waals surface area (Å²) in [6, 6.07) is 8.66. The second-order valence-corrected chi connectivity index (χ2v) is 5.90. The molecule has 0 radical (unpaired) electrons. The van der Waals surface area contributed by atoms with E-state index in [1.807, 2.05) is 6.07 Å². The number of Topliss-reactive ketones (excluding diaryl/α,β-unsaturated/α-hetero) is 1. The highest BCUT2D eigenvalue weighted by Crippen LogP contribution is 2.27. The lowest BCUT2D eigenvalue weighted by molar-refractivity contribution is 0.0997. The molecule has 0 atom stereocenters. The Morgan fingerprint density at radius 1 is 1.25 bits per heavy atom. The van der Waals surface area contributed by atoms with Crippen molar-refractivity contribution in [3.63, 3.8) is 0 Å². The van der Waals surface area contributed by atoms with Gasteiger partial charge in [0.15, 0.2) is 5.78 Å². The molecule has 4 nitrogen and oxygen atoms in total. The lowest BCUT2D eigenvalue weighted by Gasteiger charge is -2.04. The minimum Gasteiger partial charge on any atom is -0.293 e. The van der Waals surface area contributed by atoms with E-state index in [0.29, 0.717) is 18.4 Å². The predicted molar refractivity (Wildman–Crippen MR) is 60.7 cm³/mol. The van der Waals surface area contributed by atoms with Crippen LogP contribution in [-0.4, -0.2) is 26.0 Å². The maximum atomic E-state index is 11.6. The number of carbonyl (C=O) groups excluding carboxylic acids is 1. The summed E-state index contributed by atoms with van der Waals surface area (Å²) in [4.78, 5) is 11.6. The van der Waals surface area contributed by atoms with E-state index in [4.69, 9.17) is 0 Å². The van der Waals surface area contributed by atoms with Gasteiger partial charge in [-0.15, -0.1) is 0 Å². The Balaban J connectivity index is 1.94. The zero-order chi connectivity index (χ0) is 11.6. The van der Waals surface area contributed by atoms with Crippen molar-refractivity contribution >= 4 is 15.8 Å². The molecule has 1 aliphatic rings. The minimum absolute atomic E-state index is 0.150. The summed E-state index contributed by atoms with van der Waals surface area (Å²) in [6.07, 6.45) is 1.41. The van der Waals surface area contributed by atoms with Gasteiger partial charge in [-0.05, 0) is 12.8 Å². The second kappa shape index (κ2) is 4.35. The van der Waals surface area contributed by atoms with Gasteiger partial charge in [0.2, 0.25) is 10.0 Å². The number of hydrogen-bond donors (Lipinski definition) is 1. The summed E-state index contributed by atoms with van der Waals surface area (Å²) >= 11 is 0. The summed E-state index contributed by atoms with van der Waals surface area (Å²) in [5.74, 6) is -0.204. The molecule has 1 aromatic carbocycles. The Morgan fingerprint density at radius 3 is 2.44 bits per heavy atom. The van der Waals surface area contributed by atoms with Gasteiger partial charge < -0.3 is 0 Å². The molecule has 1 aliphatic carbocycles. The molecule has 0 aliphatic heterocycles. The van der Waals surface area contributed by atoms with E-state index in [1.54, 1.807) is 24.3 Å². The van der Waals surface area contributed by atoms with Crippen LogP contribution in [0.4, 0.5) is 0 Å². The highest BCUT2D eigenvalue weighted by atomic mass is 32.2. The maximum absolute atomic E-state index is 11.6. The smallest absolute Gasteiger partial charge is 0.214 e. The first kappa shape index (κ1) is 11.3. The molecule has 1 aromatic rings. The van der Waals surface area contributed by atoms with Crippen LogP contribution in [0.3, 0.4) is 0 Å². The molecule has 5 heteroatoms. The van der Waals surface area contributed by atoms with Gasteiger partial charge in [-0.2, -0.15) is 0 Å². The Kier molecular flexibility index (Phi) is 3.07. The van der Waals surface area contributed by atoms with Crippen LogP contribution in [-0.2, 0) is 10.0 Å². The summed E-state index contributed by atoms with van der Waals surface area (Å²) < 4.78 is 25.3. The average Bonchev–Trinajstić information content (AvgIpc) is 3.11. The maximum Gasteiger partial charge on any atom is 0.214 e. The van der Waals surface area contributed by atoms with E-state index in [2.05, 4.69) is 4.72 Å². The molecule has 0 aromatic heterocycles. The average molecular weight is 239 g/mol. The highest BCUT2D eigenvalue weighted by Gasteiger charge is 2.35. The number of hydrogen-bond acceptors (Lipinski definition) is 3. The molecule has 1 fully saturated rings. The van der Waals surface area contributed by atoms with E-state index >= 15 is 0 Å². The number of rotatable bonds is 5. The van der Waals surface area contributed by atoms with Crippen LogP contribution in [0.1, 0.15) is 23.2 Å². The van der Waals surface area contributed by atoms with Crippen molar-refractivity contribution in [2.24, 2.45) is 0 Å². The van der Waals surface area contributed by atoms with E-state index < -0.39 is 10.0 Å². The van der Waals surface area contributed by atoms with Crippen molar-refractivity contribution < 1.29 is 13.2 Å². The van der Waals surface area contributed by atoms with Crippen LogP contribution in [0.2, 0.25) is 0 Å². The molecular weight excluding hydrogens is 226 g/mol. The van der Waals surface area contributed by atoms with E-state index in [1.165, 1.54) is 0 Å². The first-order valence-electron chi connectivity index (χ1n) is 5.16. The van der Waals surface area contributed by atoms with Gasteiger partial charge in [0.05, 0.1) is 11.8 Å². The van der Waals surface area contributed by atoms with Gasteiger partial charge in [-0.3, -0.25) is 4.79 Å². The second-order valence-electron chi connectivity index (χ2n) is 3.85. The third kappa shape index (κ3) is 2.68. The number of ketones is 1. The Hall–Kier alpha value is -1.20.